The molecule has 1 N–H and O–H groups in total. The monoisotopic (exact) mass is 424 g/mol. The van der Waals surface area contributed by atoms with Crippen molar-refractivity contribution >= 4 is 29.7 Å². The number of nitrogens with zero attached hydrogens (tertiary/aromatic N) is 3. The fraction of sp³-hybridized carbons (Fsp3) is 0.550. The average Bonchev–Trinajstić information content (AvgIpc) is 2.87. The molecule has 0 saturated carbocycles. The number of halogens is 1. The summed E-state index contributed by atoms with van der Waals surface area (Å²) in [6, 6.07) is 6.03. The molecule has 2 aromatic rings. The Morgan fingerprint density at radius 2 is 2.14 bits per heavy atom. The standard InChI is InChI=1S/C20H28N4O2S.ClH/c1-15-16(2)27-20(26)23(15)13-9-19(25)24(14-17-6-3-4-11-22-17)18-7-5-10-21-12-8-18;/h3-4,6,11,18,21H,5,7-10,12-14H2,1-2H3;1H. The maximum Gasteiger partial charge on any atom is 0.307 e. The van der Waals surface area contributed by atoms with Crippen LogP contribution in [0, 0.1) is 13.8 Å². The van der Waals surface area contributed by atoms with Crippen LogP contribution in [0.1, 0.15) is 41.9 Å². The van der Waals surface area contributed by atoms with Crippen LogP contribution in [0.4, 0.5) is 0 Å². The molecule has 0 radical (unpaired) electrons. The molecule has 28 heavy (non-hydrogen) atoms. The van der Waals surface area contributed by atoms with E-state index in [9.17, 15) is 9.59 Å². The van der Waals surface area contributed by atoms with Gasteiger partial charge >= 0.3 is 4.87 Å². The fourth-order valence-corrected chi connectivity index (χ4v) is 4.45. The Kier molecular flexibility index (Phi) is 8.66. The zero-order valence-electron chi connectivity index (χ0n) is 16.5. The number of pyridine rings is 1. The Morgan fingerprint density at radius 1 is 1.32 bits per heavy atom. The minimum Gasteiger partial charge on any atom is -0.334 e. The lowest BCUT2D eigenvalue weighted by Crippen LogP contribution is -2.41. The molecule has 1 unspecified atom stereocenters. The summed E-state index contributed by atoms with van der Waals surface area (Å²) >= 11 is 1.25. The van der Waals surface area contributed by atoms with Gasteiger partial charge in [0.15, 0.2) is 0 Å². The molecule has 1 saturated heterocycles. The molecule has 1 fully saturated rings. The molecular formula is C20H29ClN4O2S. The zero-order chi connectivity index (χ0) is 19.2. The van der Waals surface area contributed by atoms with Crippen molar-refractivity contribution in [2.45, 2.75) is 58.7 Å². The third-order valence-electron chi connectivity index (χ3n) is 5.29. The molecular weight excluding hydrogens is 396 g/mol. The van der Waals surface area contributed by atoms with Gasteiger partial charge in [0.2, 0.25) is 5.91 Å². The largest absolute Gasteiger partial charge is 0.334 e. The number of nitrogens with one attached hydrogen (secondary N) is 1. The fourth-order valence-electron chi connectivity index (χ4n) is 3.60. The van der Waals surface area contributed by atoms with E-state index in [1.54, 1.807) is 10.8 Å². The average molecular weight is 425 g/mol. The summed E-state index contributed by atoms with van der Waals surface area (Å²) in [5, 5.41) is 3.41. The number of aryl methyl sites for hydroxylation is 1. The van der Waals surface area contributed by atoms with Crippen molar-refractivity contribution in [1.29, 1.82) is 0 Å². The molecule has 1 aliphatic rings. The van der Waals surface area contributed by atoms with Crippen molar-refractivity contribution in [2.24, 2.45) is 0 Å². The number of aromatic nitrogens is 2. The summed E-state index contributed by atoms with van der Waals surface area (Å²) in [4.78, 5) is 32.7. The van der Waals surface area contributed by atoms with Gasteiger partial charge in [0, 0.05) is 35.8 Å². The van der Waals surface area contributed by atoms with E-state index in [0.717, 1.165) is 48.6 Å². The highest BCUT2D eigenvalue weighted by Gasteiger charge is 2.25. The van der Waals surface area contributed by atoms with E-state index in [1.807, 2.05) is 36.9 Å². The third kappa shape index (κ3) is 5.65. The van der Waals surface area contributed by atoms with Crippen LogP contribution in [0.15, 0.2) is 29.2 Å². The van der Waals surface area contributed by atoms with E-state index >= 15 is 0 Å². The first kappa shape index (κ1) is 22.6. The molecule has 6 nitrogen and oxygen atoms in total. The summed E-state index contributed by atoms with van der Waals surface area (Å²) in [5.41, 5.74) is 1.87. The maximum absolute atomic E-state index is 13.1. The number of carbonyl (C=O) groups is 1. The van der Waals surface area contributed by atoms with Gasteiger partial charge in [-0.3, -0.25) is 14.6 Å². The molecule has 1 amide bonds. The third-order valence-corrected chi connectivity index (χ3v) is 6.29. The van der Waals surface area contributed by atoms with E-state index < -0.39 is 0 Å². The van der Waals surface area contributed by atoms with Crippen molar-refractivity contribution in [2.75, 3.05) is 13.1 Å². The van der Waals surface area contributed by atoms with E-state index in [-0.39, 0.29) is 29.2 Å². The van der Waals surface area contributed by atoms with Crippen molar-refractivity contribution in [3.63, 3.8) is 0 Å². The predicted octanol–water partition coefficient (Wildman–Crippen LogP) is 2.90. The lowest BCUT2D eigenvalue weighted by molar-refractivity contribution is -0.134. The van der Waals surface area contributed by atoms with Crippen LogP contribution >= 0.6 is 23.7 Å². The molecule has 0 spiro atoms. The van der Waals surface area contributed by atoms with Gasteiger partial charge in [-0.1, -0.05) is 17.4 Å². The minimum atomic E-state index is 0. The molecule has 154 valence electrons. The molecule has 0 aromatic carbocycles. The van der Waals surface area contributed by atoms with Gasteiger partial charge < -0.3 is 14.8 Å². The Hall–Kier alpha value is -1.70. The number of hydrogen-bond acceptors (Lipinski definition) is 5. The van der Waals surface area contributed by atoms with Gasteiger partial charge in [0.25, 0.3) is 0 Å². The second kappa shape index (κ2) is 10.7. The van der Waals surface area contributed by atoms with Crippen molar-refractivity contribution in [3.05, 3.63) is 50.3 Å². The van der Waals surface area contributed by atoms with Crippen LogP contribution in [-0.4, -0.2) is 39.5 Å². The molecule has 2 aromatic heterocycles. The Bertz CT molecular complexity index is 813. The van der Waals surface area contributed by atoms with Gasteiger partial charge in [-0.05, 0) is 58.3 Å². The molecule has 1 aliphatic heterocycles. The number of amides is 1. The molecule has 0 bridgehead atoms. The van der Waals surface area contributed by atoms with Crippen molar-refractivity contribution in [3.8, 4) is 0 Å². The van der Waals surface area contributed by atoms with E-state index in [2.05, 4.69) is 10.3 Å². The Balaban J connectivity index is 0.00000280. The second-order valence-corrected chi connectivity index (χ2v) is 8.25. The molecule has 3 heterocycles. The zero-order valence-corrected chi connectivity index (χ0v) is 18.2. The summed E-state index contributed by atoms with van der Waals surface area (Å²) in [5.74, 6) is 0.0997. The first-order valence-corrected chi connectivity index (χ1v) is 10.4. The summed E-state index contributed by atoms with van der Waals surface area (Å²) in [6.45, 7) is 6.80. The summed E-state index contributed by atoms with van der Waals surface area (Å²) < 4.78 is 1.73. The smallest absolute Gasteiger partial charge is 0.307 e. The quantitative estimate of drug-likeness (QED) is 0.774. The lowest BCUT2D eigenvalue weighted by Gasteiger charge is -2.31. The SMILES string of the molecule is Cc1sc(=O)n(CCC(=O)N(Cc2ccccn2)C2CCCNCC2)c1C.Cl. The van der Waals surface area contributed by atoms with Gasteiger partial charge in [0.1, 0.15) is 0 Å². The van der Waals surface area contributed by atoms with Crippen LogP contribution in [0.5, 0.6) is 0 Å². The number of thiazole rings is 1. The predicted molar refractivity (Wildman–Crippen MR) is 115 cm³/mol. The van der Waals surface area contributed by atoms with Gasteiger partial charge in [-0.15, -0.1) is 12.4 Å². The first-order chi connectivity index (χ1) is 13.1. The molecule has 3 rings (SSSR count). The van der Waals surface area contributed by atoms with Crippen LogP contribution in [-0.2, 0) is 17.9 Å². The highest BCUT2D eigenvalue weighted by molar-refractivity contribution is 7.09. The Labute approximate surface area is 176 Å². The summed E-state index contributed by atoms with van der Waals surface area (Å²) in [6.07, 6.45) is 5.13. The van der Waals surface area contributed by atoms with Crippen LogP contribution in [0.3, 0.4) is 0 Å². The first-order valence-electron chi connectivity index (χ1n) is 9.63. The lowest BCUT2D eigenvalue weighted by atomic mass is 10.1. The number of rotatable bonds is 6. The van der Waals surface area contributed by atoms with Crippen LogP contribution < -0.4 is 10.2 Å². The summed E-state index contributed by atoms with van der Waals surface area (Å²) in [7, 11) is 0. The molecule has 1 atom stereocenters. The number of carbonyl (C=O) groups excluding carboxylic acids is 1. The highest BCUT2D eigenvalue weighted by Crippen LogP contribution is 2.18. The normalized spacial score (nSPS) is 16.9. The van der Waals surface area contributed by atoms with E-state index in [4.69, 9.17) is 0 Å². The maximum atomic E-state index is 13.1. The van der Waals surface area contributed by atoms with Gasteiger partial charge in [-0.2, -0.15) is 0 Å². The van der Waals surface area contributed by atoms with Gasteiger partial charge in [-0.25, -0.2) is 0 Å². The van der Waals surface area contributed by atoms with E-state index in [0.29, 0.717) is 19.5 Å². The molecule has 8 heteroatoms. The van der Waals surface area contributed by atoms with Crippen LogP contribution in [0.2, 0.25) is 0 Å². The molecule has 0 aliphatic carbocycles. The Morgan fingerprint density at radius 3 is 2.82 bits per heavy atom. The minimum absolute atomic E-state index is 0. The van der Waals surface area contributed by atoms with Gasteiger partial charge in [0.05, 0.1) is 12.2 Å². The highest BCUT2D eigenvalue weighted by atomic mass is 35.5. The van der Waals surface area contributed by atoms with Crippen LogP contribution in [0.25, 0.3) is 0 Å². The van der Waals surface area contributed by atoms with E-state index in [1.165, 1.54) is 11.3 Å². The van der Waals surface area contributed by atoms with Crippen molar-refractivity contribution in [1.82, 2.24) is 19.8 Å². The number of hydrogen-bond donors (Lipinski definition) is 1. The van der Waals surface area contributed by atoms with Crippen molar-refractivity contribution < 1.29 is 4.79 Å². The second-order valence-electron chi connectivity index (χ2n) is 7.09. The topological polar surface area (TPSA) is 67.2 Å².